The Kier molecular flexibility index (Phi) is 5.41. The smallest absolute Gasteiger partial charge is 0.320 e. The second-order valence-electron chi connectivity index (χ2n) is 4.95. The Morgan fingerprint density at radius 1 is 1.12 bits per heavy atom. The van der Waals surface area contributed by atoms with E-state index >= 15 is 0 Å². The molecule has 0 aliphatic carbocycles. The van der Waals surface area contributed by atoms with E-state index < -0.39 is 29.6 Å². The number of halogens is 2. The second kappa shape index (κ2) is 7.49. The minimum Gasteiger partial charge on any atom is -0.354 e. The summed E-state index contributed by atoms with van der Waals surface area (Å²) < 4.78 is 26.9. The Hall–Kier alpha value is -3.03. The van der Waals surface area contributed by atoms with E-state index in [2.05, 4.69) is 20.9 Å². The molecule has 0 aliphatic rings. The van der Waals surface area contributed by atoms with E-state index in [9.17, 15) is 18.4 Å². The van der Waals surface area contributed by atoms with Gasteiger partial charge in [0.05, 0.1) is 6.04 Å². The number of aromatic nitrogens is 1. The largest absolute Gasteiger partial charge is 0.354 e. The molecule has 126 valence electrons. The molecule has 8 heteroatoms. The molecular weight excluding hydrogens is 318 g/mol. The lowest BCUT2D eigenvalue weighted by atomic mass is 10.1. The molecule has 0 aliphatic heterocycles. The maximum atomic E-state index is 13.7. The van der Waals surface area contributed by atoms with Crippen molar-refractivity contribution in [3.8, 4) is 0 Å². The normalized spacial score (nSPS) is 11.5. The van der Waals surface area contributed by atoms with E-state index in [0.29, 0.717) is 0 Å². The average molecular weight is 334 g/mol. The van der Waals surface area contributed by atoms with Gasteiger partial charge in [-0.25, -0.2) is 18.6 Å². The zero-order valence-electron chi connectivity index (χ0n) is 13.1. The highest BCUT2D eigenvalue weighted by Crippen LogP contribution is 2.19. The summed E-state index contributed by atoms with van der Waals surface area (Å²) >= 11 is 0. The molecule has 0 saturated heterocycles. The molecular formula is C16H16F2N4O2. The van der Waals surface area contributed by atoms with Crippen LogP contribution in [0.25, 0.3) is 0 Å². The molecule has 0 spiro atoms. The number of urea groups is 1. The number of anilines is 1. The average Bonchev–Trinajstić information content (AvgIpc) is 2.56. The third-order valence-electron chi connectivity index (χ3n) is 3.25. The summed E-state index contributed by atoms with van der Waals surface area (Å²) in [5, 5.41) is 7.34. The van der Waals surface area contributed by atoms with Crippen molar-refractivity contribution in [2.45, 2.75) is 13.0 Å². The number of carbonyl (C=O) groups excluding carboxylic acids is 2. The lowest BCUT2D eigenvalue weighted by molar-refractivity contribution is 0.0958. The van der Waals surface area contributed by atoms with Gasteiger partial charge in [-0.3, -0.25) is 10.1 Å². The summed E-state index contributed by atoms with van der Waals surface area (Å²) in [6, 6.07) is 6.87. The molecule has 0 saturated carbocycles. The molecule has 1 aromatic carbocycles. The number of nitrogens with zero attached hydrogens (tertiary/aromatic N) is 1. The van der Waals surface area contributed by atoms with Crippen LogP contribution in [0.4, 0.5) is 19.4 Å². The van der Waals surface area contributed by atoms with Crippen LogP contribution >= 0.6 is 0 Å². The summed E-state index contributed by atoms with van der Waals surface area (Å²) in [6.45, 7) is 1.52. The van der Waals surface area contributed by atoms with E-state index in [1.165, 1.54) is 38.2 Å². The quantitative estimate of drug-likeness (QED) is 0.804. The summed E-state index contributed by atoms with van der Waals surface area (Å²) in [5.41, 5.74) is 0.164. The first-order valence-electron chi connectivity index (χ1n) is 7.13. The number of carbonyl (C=O) groups is 2. The molecule has 1 aromatic heterocycles. The maximum Gasteiger partial charge on any atom is 0.320 e. The molecule has 1 heterocycles. The summed E-state index contributed by atoms with van der Waals surface area (Å²) in [4.78, 5) is 27.4. The summed E-state index contributed by atoms with van der Waals surface area (Å²) in [5.74, 6) is -2.23. The van der Waals surface area contributed by atoms with Crippen LogP contribution in [0.5, 0.6) is 0 Å². The van der Waals surface area contributed by atoms with Gasteiger partial charge in [0.1, 0.15) is 11.5 Å². The van der Waals surface area contributed by atoms with Crippen LogP contribution in [-0.4, -0.2) is 24.0 Å². The Labute approximate surface area is 137 Å². The molecule has 2 aromatic rings. The number of rotatable bonds is 4. The van der Waals surface area contributed by atoms with E-state index in [1.54, 1.807) is 6.07 Å². The minimum absolute atomic E-state index is 0.0252. The van der Waals surface area contributed by atoms with Gasteiger partial charge >= 0.3 is 6.03 Å². The number of amides is 3. The van der Waals surface area contributed by atoms with Gasteiger partial charge in [0.15, 0.2) is 11.6 Å². The third-order valence-corrected chi connectivity index (χ3v) is 3.25. The zero-order chi connectivity index (χ0) is 17.7. The van der Waals surface area contributed by atoms with Gasteiger partial charge in [0.2, 0.25) is 0 Å². The number of nitrogens with one attached hydrogen (secondary N) is 3. The van der Waals surface area contributed by atoms with Crippen LogP contribution in [0.1, 0.15) is 29.0 Å². The fourth-order valence-corrected chi connectivity index (χ4v) is 2.04. The highest BCUT2D eigenvalue weighted by molar-refractivity contribution is 5.93. The van der Waals surface area contributed by atoms with Crippen molar-refractivity contribution in [1.29, 1.82) is 0 Å². The molecule has 2 rings (SSSR count). The molecule has 0 fully saturated rings. The Bertz CT molecular complexity index is 767. The van der Waals surface area contributed by atoms with Crippen molar-refractivity contribution < 1.29 is 18.4 Å². The second-order valence-corrected chi connectivity index (χ2v) is 4.95. The minimum atomic E-state index is -1.01. The fraction of sp³-hybridized carbons (Fsp3) is 0.188. The molecule has 3 N–H and O–H groups in total. The molecule has 0 radical (unpaired) electrons. The Morgan fingerprint density at radius 3 is 2.54 bits per heavy atom. The molecule has 0 unspecified atom stereocenters. The summed E-state index contributed by atoms with van der Waals surface area (Å²) in [6.07, 6.45) is 0. The van der Waals surface area contributed by atoms with Gasteiger partial charge in [-0.2, -0.15) is 0 Å². The van der Waals surface area contributed by atoms with Gasteiger partial charge in [-0.1, -0.05) is 18.2 Å². The highest BCUT2D eigenvalue weighted by Gasteiger charge is 2.16. The van der Waals surface area contributed by atoms with E-state index in [0.717, 1.165) is 6.07 Å². The van der Waals surface area contributed by atoms with Crippen molar-refractivity contribution in [3.63, 3.8) is 0 Å². The van der Waals surface area contributed by atoms with Crippen molar-refractivity contribution in [1.82, 2.24) is 15.6 Å². The maximum absolute atomic E-state index is 13.7. The van der Waals surface area contributed by atoms with Crippen LogP contribution in [0, 0.1) is 11.6 Å². The number of pyridine rings is 1. The van der Waals surface area contributed by atoms with Crippen LogP contribution < -0.4 is 16.0 Å². The Morgan fingerprint density at radius 2 is 1.83 bits per heavy atom. The Balaban J connectivity index is 2.05. The number of hydrogen-bond acceptors (Lipinski definition) is 3. The number of hydrogen-bond donors (Lipinski definition) is 3. The lowest BCUT2D eigenvalue weighted by Crippen LogP contribution is -2.32. The predicted octanol–water partition coefficient (Wildman–Crippen LogP) is 2.60. The monoisotopic (exact) mass is 334 g/mol. The topological polar surface area (TPSA) is 83.1 Å². The first-order valence-corrected chi connectivity index (χ1v) is 7.13. The predicted molar refractivity (Wildman–Crippen MR) is 84.6 cm³/mol. The first-order chi connectivity index (χ1) is 11.4. The molecule has 0 bridgehead atoms. The van der Waals surface area contributed by atoms with Crippen LogP contribution in [0.2, 0.25) is 0 Å². The third kappa shape index (κ3) is 4.03. The zero-order valence-corrected chi connectivity index (χ0v) is 13.1. The molecule has 3 amide bonds. The number of benzene rings is 1. The molecule has 6 nitrogen and oxygen atoms in total. The van der Waals surface area contributed by atoms with Crippen LogP contribution in [0.3, 0.4) is 0 Å². The van der Waals surface area contributed by atoms with Crippen LogP contribution in [0.15, 0.2) is 36.4 Å². The molecule has 1 atom stereocenters. The van der Waals surface area contributed by atoms with Gasteiger partial charge < -0.3 is 10.6 Å². The van der Waals surface area contributed by atoms with E-state index in [4.69, 9.17) is 0 Å². The van der Waals surface area contributed by atoms with E-state index in [-0.39, 0.29) is 17.1 Å². The van der Waals surface area contributed by atoms with Gasteiger partial charge in [0.25, 0.3) is 5.91 Å². The standard InChI is InChI=1S/C16H16F2N4O2/c1-9(10-5-3-6-11(17)14(10)18)20-16(24)22-13-8-4-7-12(21-13)15(23)19-2/h3-9H,1-2H3,(H,19,23)(H2,20,21,22,24)/t9-/m1/s1. The highest BCUT2D eigenvalue weighted by atomic mass is 19.2. The van der Waals surface area contributed by atoms with Crippen molar-refractivity contribution in [2.24, 2.45) is 0 Å². The van der Waals surface area contributed by atoms with Crippen LogP contribution in [-0.2, 0) is 0 Å². The SMILES string of the molecule is CNC(=O)c1cccc(NC(=O)N[C@H](C)c2cccc(F)c2F)n1. The van der Waals surface area contributed by atoms with Gasteiger partial charge in [-0.15, -0.1) is 0 Å². The van der Waals surface area contributed by atoms with E-state index in [1.807, 2.05) is 0 Å². The fourth-order valence-electron chi connectivity index (χ4n) is 2.04. The van der Waals surface area contributed by atoms with Crippen molar-refractivity contribution in [3.05, 3.63) is 59.3 Å². The van der Waals surface area contributed by atoms with Gasteiger partial charge in [-0.05, 0) is 25.1 Å². The molecule has 24 heavy (non-hydrogen) atoms. The first kappa shape index (κ1) is 17.3. The lowest BCUT2D eigenvalue weighted by Gasteiger charge is -2.16. The van der Waals surface area contributed by atoms with Crippen molar-refractivity contribution >= 4 is 17.8 Å². The summed E-state index contributed by atoms with van der Waals surface area (Å²) in [7, 11) is 1.46. The van der Waals surface area contributed by atoms with Crippen molar-refractivity contribution in [2.75, 3.05) is 12.4 Å². The van der Waals surface area contributed by atoms with Gasteiger partial charge in [0, 0.05) is 12.6 Å².